The number of ketones is 1. The minimum absolute atomic E-state index is 0.0904. The van der Waals surface area contributed by atoms with Crippen molar-refractivity contribution in [3.05, 3.63) is 12.0 Å². The standard InChI is InChI=1S/C10H17NO4/c1-8(12)7-9(14-2)11-6-4-5-10(13)15-3/h7,11H,4-6H2,1-3H3/b9-7+. The monoisotopic (exact) mass is 215 g/mol. The van der Waals surface area contributed by atoms with Crippen LogP contribution in [0.2, 0.25) is 0 Å². The second-order valence-corrected chi connectivity index (χ2v) is 2.93. The maximum absolute atomic E-state index is 10.8. The number of rotatable bonds is 7. The first-order chi connectivity index (χ1) is 7.10. The Morgan fingerprint density at radius 3 is 2.40 bits per heavy atom. The van der Waals surface area contributed by atoms with Crippen LogP contribution in [0.5, 0.6) is 0 Å². The Balaban J connectivity index is 3.73. The molecule has 0 amide bonds. The van der Waals surface area contributed by atoms with Gasteiger partial charge >= 0.3 is 5.97 Å². The zero-order valence-electron chi connectivity index (χ0n) is 9.33. The number of ether oxygens (including phenoxy) is 2. The normalized spacial score (nSPS) is 10.7. The molecule has 0 aliphatic carbocycles. The third-order valence-corrected chi connectivity index (χ3v) is 1.64. The van der Waals surface area contributed by atoms with Gasteiger partial charge in [-0.15, -0.1) is 0 Å². The van der Waals surface area contributed by atoms with Crippen LogP contribution >= 0.6 is 0 Å². The van der Waals surface area contributed by atoms with Crippen LogP contribution in [0, 0.1) is 0 Å². The van der Waals surface area contributed by atoms with E-state index in [0.29, 0.717) is 25.3 Å². The van der Waals surface area contributed by atoms with Gasteiger partial charge in [0.05, 0.1) is 14.2 Å². The summed E-state index contributed by atoms with van der Waals surface area (Å²) in [4.78, 5) is 21.5. The van der Waals surface area contributed by atoms with E-state index in [1.165, 1.54) is 27.2 Å². The van der Waals surface area contributed by atoms with Crippen molar-refractivity contribution in [3.63, 3.8) is 0 Å². The molecule has 0 rings (SSSR count). The summed E-state index contributed by atoms with van der Waals surface area (Å²) in [5, 5.41) is 2.89. The lowest BCUT2D eigenvalue weighted by Gasteiger charge is -2.08. The van der Waals surface area contributed by atoms with Crippen LogP contribution in [0.15, 0.2) is 12.0 Å². The molecule has 5 heteroatoms. The molecule has 0 atom stereocenters. The molecule has 0 radical (unpaired) electrons. The summed E-state index contributed by atoms with van der Waals surface area (Å²) in [6, 6.07) is 0. The van der Waals surface area contributed by atoms with Crippen molar-refractivity contribution in [3.8, 4) is 0 Å². The zero-order valence-corrected chi connectivity index (χ0v) is 9.33. The molecule has 0 aromatic carbocycles. The minimum Gasteiger partial charge on any atom is -0.482 e. The Morgan fingerprint density at radius 1 is 1.27 bits per heavy atom. The first-order valence-corrected chi connectivity index (χ1v) is 4.67. The highest BCUT2D eigenvalue weighted by atomic mass is 16.5. The van der Waals surface area contributed by atoms with Crippen molar-refractivity contribution < 1.29 is 19.1 Å². The van der Waals surface area contributed by atoms with Crippen LogP contribution in [-0.4, -0.2) is 32.5 Å². The maximum Gasteiger partial charge on any atom is 0.305 e. The number of hydrogen-bond donors (Lipinski definition) is 1. The summed E-state index contributed by atoms with van der Waals surface area (Å²) in [7, 11) is 2.83. The molecule has 0 aliphatic heterocycles. The molecule has 0 bridgehead atoms. The van der Waals surface area contributed by atoms with Crippen LogP contribution in [-0.2, 0) is 19.1 Å². The fraction of sp³-hybridized carbons (Fsp3) is 0.600. The molecular weight excluding hydrogens is 198 g/mol. The third-order valence-electron chi connectivity index (χ3n) is 1.64. The van der Waals surface area contributed by atoms with Gasteiger partial charge in [-0.05, 0) is 13.3 Å². The molecule has 1 N–H and O–H groups in total. The summed E-state index contributed by atoms with van der Waals surface area (Å²) in [5.41, 5.74) is 0. The molecule has 0 spiro atoms. The molecule has 86 valence electrons. The van der Waals surface area contributed by atoms with Crippen molar-refractivity contribution in [1.82, 2.24) is 5.32 Å². The van der Waals surface area contributed by atoms with E-state index in [1.807, 2.05) is 0 Å². The lowest BCUT2D eigenvalue weighted by Crippen LogP contribution is -2.18. The second kappa shape index (κ2) is 7.84. The molecule has 0 saturated carbocycles. The third kappa shape index (κ3) is 7.54. The fourth-order valence-corrected chi connectivity index (χ4v) is 0.913. The average molecular weight is 215 g/mol. The lowest BCUT2D eigenvalue weighted by atomic mass is 10.3. The summed E-state index contributed by atoms with van der Waals surface area (Å²) in [5.74, 6) is 0.0750. The van der Waals surface area contributed by atoms with Crippen LogP contribution in [0.1, 0.15) is 19.8 Å². The van der Waals surface area contributed by atoms with Crippen LogP contribution in [0.3, 0.4) is 0 Å². The molecule has 0 fully saturated rings. The fourth-order valence-electron chi connectivity index (χ4n) is 0.913. The van der Waals surface area contributed by atoms with Crippen LogP contribution < -0.4 is 5.32 Å². The van der Waals surface area contributed by atoms with Gasteiger partial charge in [0.2, 0.25) is 0 Å². The Hall–Kier alpha value is -1.52. The molecule has 0 saturated heterocycles. The summed E-state index contributed by atoms with van der Waals surface area (Å²) >= 11 is 0. The van der Waals surface area contributed by atoms with Gasteiger partial charge in [-0.25, -0.2) is 0 Å². The SMILES string of the molecule is COC(=O)CCCN/C(=C\C(C)=O)OC. The number of hydrogen-bond acceptors (Lipinski definition) is 5. The predicted octanol–water partition coefficient (Wildman–Crippen LogP) is 0.606. The average Bonchev–Trinajstić information content (AvgIpc) is 2.21. The van der Waals surface area contributed by atoms with E-state index in [1.54, 1.807) is 0 Å². The van der Waals surface area contributed by atoms with Gasteiger partial charge in [-0.2, -0.15) is 0 Å². The summed E-state index contributed by atoms with van der Waals surface area (Å²) in [6.07, 6.45) is 2.34. The maximum atomic E-state index is 10.8. The van der Waals surface area contributed by atoms with E-state index in [-0.39, 0.29) is 11.8 Å². The number of carbonyl (C=O) groups excluding carboxylic acids is 2. The minimum atomic E-state index is -0.244. The van der Waals surface area contributed by atoms with Crippen LogP contribution in [0.4, 0.5) is 0 Å². The van der Waals surface area contributed by atoms with Crippen molar-refractivity contribution in [2.45, 2.75) is 19.8 Å². The van der Waals surface area contributed by atoms with E-state index in [4.69, 9.17) is 4.74 Å². The first-order valence-electron chi connectivity index (χ1n) is 4.67. The molecule has 0 heterocycles. The second-order valence-electron chi connectivity index (χ2n) is 2.93. The number of carbonyl (C=O) groups is 2. The van der Waals surface area contributed by atoms with Gasteiger partial charge in [-0.3, -0.25) is 9.59 Å². The Labute approximate surface area is 89.4 Å². The van der Waals surface area contributed by atoms with E-state index in [0.717, 1.165) is 0 Å². The van der Waals surface area contributed by atoms with Crippen molar-refractivity contribution in [1.29, 1.82) is 0 Å². The van der Waals surface area contributed by atoms with Crippen molar-refractivity contribution in [2.24, 2.45) is 0 Å². The molecule has 0 unspecified atom stereocenters. The lowest BCUT2D eigenvalue weighted by molar-refractivity contribution is -0.140. The molecular formula is C10H17NO4. The quantitative estimate of drug-likeness (QED) is 0.292. The molecule has 0 aromatic heterocycles. The van der Waals surface area contributed by atoms with Gasteiger partial charge < -0.3 is 14.8 Å². The highest BCUT2D eigenvalue weighted by Crippen LogP contribution is 1.94. The Bertz CT molecular complexity index is 248. The van der Waals surface area contributed by atoms with E-state index in [9.17, 15) is 9.59 Å². The van der Waals surface area contributed by atoms with E-state index < -0.39 is 0 Å². The predicted molar refractivity (Wildman–Crippen MR) is 55.0 cm³/mol. The highest BCUT2D eigenvalue weighted by Gasteiger charge is 2.00. The molecule has 0 aromatic rings. The van der Waals surface area contributed by atoms with Gasteiger partial charge in [-0.1, -0.05) is 0 Å². The van der Waals surface area contributed by atoms with Crippen molar-refractivity contribution in [2.75, 3.05) is 20.8 Å². The molecule has 15 heavy (non-hydrogen) atoms. The van der Waals surface area contributed by atoms with Gasteiger partial charge in [0.1, 0.15) is 0 Å². The number of methoxy groups -OCH3 is 2. The Kier molecular flexibility index (Phi) is 7.05. The summed E-state index contributed by atoms with van der Waals surface area (Å²) in [6.45, 7) is 2.00. The number of allylic oxidation sites excluding steroid dienone is 1. The topological polar surface area (TPSA) is 64.6 Å². The zero-order chi connectivity index (χ0) is 11.7. The largest absolute Gasteiger partial charge is 0.482 e. The number of esters is 1. The highest BCUT2D eigenvalue weighted by molar-refractivity contribution is 5.87. The smallest absolute Gasteiger partial charge is 0.305 e. The van der Waals surface area contributed by atoms with E-state index >= 15 is 0 Å². The van der Waals surface area contributed by atoms with Gasteiger partial charge in [0.25, 0.3) is 0 Å². The first kappa shape index (κ1) is 13.5. The molecule has 0 aliphatic rings. The van der Waals surface area contributed by atoms with Gasteiger partial charge in [0.15, 0.2) is 11.7 Å². The summed E-state index contributed by atoms with van der Waals surface area (Å²) < 4.78 is 9.39. The van der Waals surface area contributed by atoms with Crippen LogP contribution in [0.25, 0.3) is 0 Å². The molecule has 5 nitrogen and oxygen atoms in total. The Morgan fingerprint density at radius 2 is 1.93 bits per heavy atom. The van der Waals surface area contributed by atoms with E-state index in [2.05, 4.69) is 10.1 Å². The van der Waals surface area contributed by atoms with Gasteiger partial charge in [0, 0.05) is 19.0 Å². The number of nitrogens with one attached hydrogen (secondary N) is 1. The van der Waals surface area contributed by atoms with Crippen molar-refractivity contribution >= 4 is 11.8 Å².